The molecule has 1 N–H and O–H groups in total. The third-order valence-electron chi connectivity index (χ3n) is 7.11. The van der Waals surface area contributed by atoms with Gasteiger partial charge in [-0.15, -0.1) is 34.1 Å². The van der Waals surface area contributed by atoms with E-state index in [9.17, 15) is 0 Å². The maximum atomic E-state index is 8.75. The molecule has 0 saturated carbocycles. The van der Waals surface area contributed by atoms with E-state index >= 15 is 0 Å². The van der Waals surface area contributed by atoms with Gasteiger partial charge in [-0.1, -0.05) is 215 Å². The van der Waals surface area contributed by atoms with Crippen molar-refractivity contribution in [3.63, 3.8) is 0 Å². The van der Waals surface area contributed by atoms with Crippen molar-refractivity contribution in [2.45, 2.75) is 39.5 Å². The van der Waals surface area contributed by atoms with Crippen molar-refractivity contribution in [3.05, 3.63) is 198 Å². The molecular weight excluding hydrogens is 634 g/mol. The summed E-state index contributed by atoms with van der Waals surface area (Å²) in [5, 5.41) is 22.1. The monoisotopic (exact) mass is 682 g/mol. The van der Waals surface area contributed by atoms with Gasteiger partial charge in [0.15, 0.2) is 0 Å². The Kier molecular flexibility index (Phi) is 21.8. The fraction of sp³-hybridized carbons (Fsp3) is 0.182. The molecule has 6 rings (SSSR count). The molecule has 0 aliphatic rings. The molecule has 0 fully saturated rings. The van der Waals surface area contributed by atoms with Crippen LogP contribution in [-0.2, 0) is 21.7 Å². The molecule has 5 heteroatoms. The first-order chi connectivity index (χ1) is 23.7. The van der Waals surface area contributed by atoms with Gasteiger partial charge in [-0.05, 0) is 12.3 Å². The van der Waals surface area contributed by atoms with Crippen LogP contribution in [0.15, 0.2) is 182 Å². The quantitative estimate of drug-likeness (QED) is 0.136. The Morgan fingerprint density at radius 2 is 0.633 bits per heavy atom. The molecule has 6 aromatic rings. The predicted molar refractivity (Wildman–Crippen MR) is 207 cm³/mol. The first-order valence-electron chi connectivity index (χ1n) is 16.8. The van der Waals surface area contributed by atoms with Gasteiger partial charge in [-0.25, -0.2) is 0 Å². The van der Waals surface area contributed by atoms with Crippen LogP contribution in [0.4, 0.5) is 34.1 Å². The van der Waals surface area contributed by atoms with Crippen LogP contribution in [0.2, 0.25) is 0 Å². The number of unbranched alkanes of at least 4 members (excludes halogenated alkanes) is 1. The normalized spacial score (nSPS) is 10.1. The number of para-hydroxylation sites is 6. The molecule has 0 bridgehead atoms. The van der Waals surface area contributed by atoms with Crippen LogP contribution in [0.25, 0.3) is 16.0 Å². The second kappa shape index (κ2) is 26.4. The van der Waals surface area contributed by atoms with Crippen molar-refractivity contribution >= 4 is 34.1 Å². The van der Waals surface area contributed by atoms with Crippen molar-refractivity contribution in [2.75, 3.05) is 6.61 Å². The van der Waals surface area contributed by atoms with Crippen LogP contribution in [0.3, 0.4) is 0 Å². The number of hydrogen-bond donors (Lipinski definition) is 1. The summed E-state index contributed by atoms with van der Waals surface area (Å²) in [6, 6.07) is 59.7. The fourth-order valence-electron chi connectivity index (χ4n) is 4.38. The Morgan fingerprint density at radius 1 is 0.408 bits per heavy atom. The number of rotatable bonds is 11. The molecule has 4 nitrogen and oxygen atoms in total. The smallest absolute Gasteiger partial charge is 0.658 e. The van der Waals surface area contributed by atoms with Gasteiger partial charge in [-0.2, -0.15) is 0 Å². The van der Waals surface area contributed by atoms with Crippen LogP contribution >= 0.6 is 0 Å². The Labute approximate surface area is 309 Å². The Balaban J connectivity index is 0.000000228. The molecule has 49 heavy (non-hydrogen) atoms. The average molecular weight is 683 g/mol. The van der Waals surface area contributed by atoms with Crippen LogP contribution < -0.4 is 0 Å². The average Bonchev–Trinajstić information content (AvgIpc) is 3.16. The zero-order valence-electron chi connectivity index (χ0n) is 28.7. The van der Waals surface area contributed by atoms with E-state index in [1.54, 1.807) is 0 Å². The molecule has 1 atom stereocenters. The van der Waals surface area contributed by atoms with Crippen LogP contribution in [0, 0.1) is 5.92 Å². The summed E-state index contributed by atoms with van der Waals surface area (Å²) >= 11 is 0. The number of nitrogens with zero attached hydrogens (tertiary/aromatic N) is 3. The zero-order valence-corrected chi connectivity index (χ0v) is 30.3. The van der Waals surface area contributed by atoms with Gasteiger partial charge in [-0.3, -0.25) is 0 Å². The topological polar surface area (TPSA) is 62.5 Å². The Bertz CT molecular complexity index is 1280. The van der Waals surface area contributed by atoms with Gasteiger partial charge in [0, 0.05) is 6.61 Å². The predicted octanol–water partition coefficient (Wildman–Crippen LogP) is 14.3. The van der Waals surface area contributed by atoms with E-state index in [0.717, 1.165) is 40.5 Å². The van der Waals surface area contributed by atoms with E-state index in [1.165, 1.54) is 19.3 Å². The Morgan fingerprint density at radius 3 is 0.796 bits per heavy atom. The second-order valence-electron chi connectivity index (χ2n) is 10.9. The van der Waals surface area contributed by atoms with Crippen LogP contribution in [-0.4, -0.2) is 11.7 Å². The van der Waals surface area contributed by atoms with E-state index in [2.05, 4.69) is 29.8 Å². The van der Waals surface area contributed by atoms with E-state index in [1.807, 2.05) is 182 Å². The molecule has 0 aliphatic heterocycles. The van der Waals surface area contributed by atoms with E-state index in [0.29, 0.717) is 12.5 Å². The fourth-order valence-corrected chi connectivity index (χ4v) is 4.38. The summed E-state index contributed by atoms with van der Waals surface area (Å²) in [5.74, 6) is 0.560. The molecular formula is C44H48N3OTi. The molecule has 1 unspecified atom stereocenters. The van der Waals surface area contributed by atoms with Crippen LogP contribution in [0.5, 0.6) is 0 Å². The molecule has 249 valence electrons. The van der Waals surface area contributed by atoms with Crippen LogP contribution in [0.1, 0.15) is 39.5 Å². The van der Waals surface area contributed by atoms with Crippen molar-refractivity contribution < 1.29 is 26.8 Å². The summed E-state index contributed by atoms with van der Waals surface area (Å²) in [6.07, 6.45) is 4.83. The van der Waals surface area contributed by atoms with E-state index in [-0.39, 0.29) is 21.7 Å². The molecule has 0 heterocycles. The zero-order chi connectivity index (χ0) is 33.9. The third-order valence-corrected chi connectivity index (χ3v) is 7.11. The maximum Gasteiger partial charge on any atom is 3.00 e. The second-order valence-corrected chi connectivity index (χ2v) is 10.9. The van der Waals surface area contributed by atoms with Gasteiger partial charge in [0.25, 0.3) is 0 Å². The number of benzene rings is 6. The van der Waals surface area contributed by atoms with Gasteiger partial charge in [0.2, 0.25) is 0 Å². The summed E-state index contributed by atoms with van der Waals surface area (Å²) in [7, 11) is 0. The summed E-state index contributed by atoms with van der Waals surface area (Å²) in [4.78, 5) is 0. The van der Waals surface area contributed by atoms with E-state index in [4.69, 9.17) is 5.11 Å². The summed E-state index contributed by atoms with van der Waals surface area (Å²) < 4.78 is 0. The number of aliphatic hydroxyl groups is 1. The molecule has 6 aromatic carbocycles. The SMILES string of the molecule is CCCCC(CC)CO.[Ti+3].c1ccc([N-]c2ccccc2)cc1.c1ccc([N-]c2ccccc2)cc1.c1ccc([N-]c2ccccc2)cc1. The standard InChI is InChI=1S/3C12H10N.C8H18O.Ti/c3*1-3-7-11(8-4-1)13-12-9-5-2-6-10-12;1-3-5-6-8(4-2)7-9;/h3*1-10H;8-9H,3-7H2,1-2H3;/q3*-1;;+3. The van der Waals surface area contributed by atoms with Crippen molar-refractivity contribution in [1.29, 1.82) is 0 Å². The largest absolute Gasteiger partial charge is 3.00 e. The van der Waals surface area contributed by atoms with Gasteiger partial charge in [0.1, 0.15) is 0 Å². The molecule has 1 radical (unpaired) electrons. The minimum absolute atomic E-state index is 0. The molecule has 0 aromatic heterocycles. The summed E-state index contributed by atoms with van der Waals surface area (Å²) in [5.41, 5.74) is 5.97. The number of aliphatic hydroxyl groups excluding tert-OH is 1. The minimum atomic E-state index is 0. The van der Waals surface area contributed by atoms with Gasteiger partial charge in [0.05, 0.1) is 0 Å². The summed E-state index contributed by atoms with van der Waals surface area (Å²) in [6.45, 7) is 4.69. The molecule has 0 spiro atoms. The minimum Gasteiger partial charge on any atom is -0.658 e. The molecule has 0 aliphatic carbocycles. The molecule has 0 amide bonds. The third kappa shape index (κ3) is 18.5. The molecule has 0 saturated heterocycles. The first kappa shape index (κ1) is 40.6. The van der Waals surface area contributed by atoms with Gasteiger partial charge < -0.3 is 21.1 Å². The van der Waals surface area contributed by atoms with Gasteiger partial charge >= 0.3 is 21.7 Å². The van der Waals surface area contributed by atoms with Crippen molar-refractivity contribution in [2.24, 2.45) is 5.92 Å². The van der Waals surface area contributed by atoms with E-state index < -0.39 is 0 Å². The van der Waals surface area contributed by atoms with Crippen molar-refractivity contribution in [1.82, 2.24) is 0 Å². The van der Waals surface area contributed by atoms with Crippen molar-refractivity contribution in [3.8, 4) is 0 Å². The number of hydrogen-bond acceptors (Lipinski definition) is 1. The first-order valence-corrected chi connectivity index (χ1v) is 16.8. The maximum absolute atomic E-state index is 8.75. The Hall–Kier alpha value is -4.61.